The lowest BCUT2D eigenvalue weighted by Crippen LogP contribution is -2.28. The Kier molecular flexibility index (Phi) is 6.37. The molecule has 0 aliphatic heterocycles. The van der Waals surface area contributed by atoms with E-state index in [0.29, 0.717) is 22.4 Å². The number of sulfone groups is 1. The Balaban J connectivity index is 1.99. The van der Waals surface area contributed by atoms with Crippen LogP contribution in [-0.2, 0) is 16.4 Å². The third-order valence-corrected chi connectivity index (χ3v) is 6.68. The van der Waals surface area contributed by atoms with E-state index in [0.717, 1.165) is 6.42 Å². The minimum atomic E-state index is -3.36. The fourth-order valence-corrected chi connectivity index (χ4v) is 3.92. The summed E-state index contributed by atoms with van der Waals surface area (Å²) < 4.78 is 25.4. The third kappa shape index (κ3) is 4.29. The summed E-state index contributed by atoms with van der Waals surface area (Å²) in [6.07, 6.45) is 2.19. The highest BCUT2D eigenvalue weighted by atomic mass is 35.5. The zero-order valence-corrected chi connectivity index (χ0v) is 18.8. The summed E-state index contributed by atoms with van der Waals surface area (Å²) in [6.45, 7) is 7.48. The SMILES string of the molecule is CC[C@H](C)n1c(=O)c(NCc2ccc(S(=O)(=O)CC)nc2)nc2c(C)nc(Cl)nc21. The highest BCUT2D eigenvalue weighted by Crippen LogP contribution is 2.20. The molecule has 0 amide bonds. The monoisotopic (exact) mass is 450 g/mol. The summed E-state index contributed by atoms with van der Waals surface area (Å²) in [4.78, 5) is 29.9. The van der Waals surface area contributed by atoms with E-state index >= 15 is 0 Å². The van der Waals surface area contributed by atoms with Gasteiger partial charge in [0.2, 0.25) is 5.28 Å². The molecule has 30 heavy (non-hydrogen) atoms. The number of nitrogens with one attached hydrogen (secondary N) is 1. The molecule has 3 aromatic rings. The van der Waals surface area contributed by atoms with Crippen LogP contribution < -0.4 is 10.9 Å². The number of hydrogen-bond donors (Lipinski definition) is 1. The molecule has 0 aliphatic carbocycles. The Labute approximate surface area is 179 Å². The van der Waals surface area contributed by atoms with Crippen molar-refractivity contribution in [2.75, 3.05) is 11.1 Å². The average Bonchev–Trinajstić information content (AvgIpc) is 2.72. The molecule has 160 valence electrons. The number of halogens is 1. The largest absolute Gasteiger partial charge is 0.361 e. The number of aromatic nitrogens is 5. The molecule has 0 saturated heterocycles. The van der Waals surface area contributed by atoms with Crippen molar-refractivity contribution in [2.24, 2.45) is 0 Å². The smallest absolute Gasteiger partial charge is 0.295 e. The van der Waals surface area contributed by atoms with Crippen LogP contribution in [0.25, 0.3) is 11.2 Å². The zero-order chi connectivity index (χ0) is 22.1. The van der Waals surface area contributed by atoms with E-state index in [1.807, 2.05) is 13.8 Å². The molecule has 1 atom stereocenters. The summed E-state index contributed by atoms with van der Waals surface area (Å²) in [6, 6.07) is 3.00. The number of nitrogens with zero attached hydrogens (tertiary/aromatic N) is 5. The van der Waals surface area contributed by atoms with Crippen molar-refractivity contribution in [3.8, 4) is 0 Å². The van der Waals surface area contributed by atoms with Gasteiger partial charge in [0.25, 0.3) is 5.56 Å². The maximum Gasteiger partial charge on any atom is 0.295 e. The zero-order valence-electron chi connectivity index (χ0n) is 17.2. The first-order chi connectivity index (χ1) is 14.2. The van der Waals surface area contributed by atoms with Crippen LogP contribution in [0.1, 0.15) is 44.5 Å². The van der Waals surface area contributed by atoms with Gasteiger partial charge in [0, 0.05) is 18.8 Å². The van der Waals surface area contributed by atoms with E-state index in [1.54, 1.807) is 24.5 Å². The van der Waals surface area contributed by atoms with Crippen LogP contribution in [0.15, 0.2) is 28.2 Å². The highest BCUT2D eigenvalue weighted by molar-refractivity contribution is 7.91. The number of hydrogen-bond acceptors (Lipinski definition) is 8. The van der Waals surface area contributed by atoms with Gasteiger partial charge in [0.15, 0.2) is 26.3 Å². The minimum Gasteiger partial charge on any atom is -0.361 e. The Hall–Kier alpha value is -2.59. The van der Waals surface area contributed by atoms with E-state index in [4.69, 9.17) is 11.6 Å². The lowest BCUT2D eigenvalue weighted by molar-refractivity contribution is 0.526. The van der Waals surface area contributed by atoms with Gasteiger partial charge in [-0.05, 0) is 43.5 Å². The lowest BCUT2D eigenvalue weighted by Gasteiger charge is -2.18. The summed E-state index contributed by atoms with van der Waals surface area (Å²) in [5, 5.41) is 3.12. The summed E-state index contributed by atoms with van der Waals surface area (Å²) in [7, 11) is -3.36. The second-order valence-corrected chi connectivity index (χ2v) is 9.47. The molecule has 0 aromatic carbocycles. The average molecular weight is 451 g/mol. The highest BCUT2D eigenvalue weighted by Gasteiger charge is 2.19. The fraction of sp³-hybridized carbons (Fsp3) is 0.421. The Morgan fingerprint density at radius 3 is 2.53 bits per heavy atom. The topological polar surface area (TPSA) is 120 Å². The maximum absolute atomic E-state index is 13.1. The van der Waals surface area contributed by atoms with Crippen molar-refractivity contribution >= 4 is 38.4 Å². The molecular weight excluding hydrogens is 428 g/mol. The van der Waals surface area contributed by atoms with Gasteiger partial charge in [0.1, 0.15) is 5.52 Å². The first-order valence-electron chi connectivity index (χ1n) is 9.55. The van der Waals surface area contributed by atoms with E-state index in [1.165, 1.54) is 12.3 Å². The van der Waals surface area contributed by atoms with Gasteiger partial charge in [-0.25, -0.2) is 23.4 Å². The normalized spacial score (nSPS) is 12.8. The van der Waals surface area contributed by atoms with Crippen molar-refractivity contribution in [2.45, 2.75) is 51.7 Å². The molecule has 0 aliphatic rings. The van der Waals surface area contributed by atoms with Crippen LogP contribution in [0.3, 0.4) is 0 Å². The molecule has 3 rings (SSSR count). The number of fused-ring (bicyclic) bond motifs is 1. The van der Waals surface area contributed by atoms with Crippen molar-refractivity contribution in [1.29, 1.82) is 0 Å². The van der Waals surface area contributed by atoms with Crippen LogP contribution in [0.5, 0.6) is 0 Å². The van der Waals surface area contributed by atoms with Crippen molar-refractivity contribution in [1.82, 2.24) is 24.5 Å². The molecule has 0 fully saturated rings. The molecule has 3 aromatic heterocycles. The standard InChI is InChI=1S/C19H23ClN6O3S/c1-5-11(3)26-17-15(12(4)23-19(20)25-17)24-16(18(26)27)22-10-13-7-8-14(21-9-13)30(28,29)6-2/h7-9,11H,5-6,10H2,1-4H3,(H,22,24)/t11-/m0/s1. The molecule has 0 bridgehead atoms. The minimum absolute atomic E-state index is 0.0147. The molecule has 0 saturated carbocycles. The first-order valence-corrected chi connectivity index (χ1v) is 11.6. The van der Waals surface area contributed by atoms with Crippen molar-refractivity contribution in [3.63, 3.8) is 0 Å². The Morgan fingerprint density at radius 1 is 1.20 bits per heavy atom. The van der Waals surface area contributed by atoms with E-state index < -0.39 is 9.84 Å². The number of aryl methyl sites for hydroxylation is 1. The lowest BCUT2D eigenvalue weighted by atomic mass is 10.2. The first kappa shape index (κ1) is 22.1. The van der Waals surface area contributed by atoms with Crippen molar-refractivity contribution < 1.29 is 8.42 Å². The molecule has 11 heteroatoms. The van der Waals surface area contributed by atoms with E-state index in [2.05, 4.69) is 25.3 Å². The molecule has 0 radical (unpaired) electrons. The van der Waals surface area contributed by atoms with Gasteiger partial charge < -0.3 is 5.32 Å². The predicted molar refractivity (Wildman–Crippen MR) is 116 cm³/mol. The second-order valence-electron chi connectivity index (χ2n) is 6.90. The quantitative estimate of drug-likeness (QED) is 0.545. The molecule has 1 N–H and O–H groups in total. The second kappa shape index (κ2) is 8.65. The van der Waals surface area contributed by atoms with Gasteiger partial charge >= 0.3 is 0 Å². The van der Waals surface area contributed by atoms with Gasteiger partial charge in [-0.3, -0.25) is 9.36 Å². The van der Waals surface area contributed by atoms with Gasteiger partial charge in [0.05, 0.1) is 11.4 Å². The third-order valence-electron chi connectivity index (χ3n) is 4.87. The molecule has 0 spiro atoms. The van der Waals surface area contributed by atoms with E-state index in [9.17, 15) is 13.2 Å². The van der Waals surface area contributed by atoms with Crippen molar-refractivity contribution in [3.05, 3.63) is 45.2 Å². The van der Waals surface area contributed by atoms with Gasteiger partial charge in [-0.2, -0.15) is 4.98 Å². The van der Waals surface area contributed by atoms with E-state index in [-0.39, 0.29) is 40.0 Å². The maximum atomic E-state index is 13.1. The van der Waals surface area contributed by atoms with Crippen LogP contribution in [0.4, 0.5) is 5.82 Å². The number of rotatable bonds is 7. The molecule has 9 nitrogen and oxygen atoms in total. The van der Waals surface area contributed by atoms with Gasteiger partial charge in [-0.1, -0.05) is 19.9 Å². The fourth-order valence-electron chi connectivity index (χ4n) is 2.93. The summed E-state index contributed by atoms with van der Waals surface area (Å²) in [5.74, 6) is 0.140. The summed E-state index contributed by atoms with van der Waals surface area (Å²) >= 11 is 6.00. The van der Waals surface area contributed by atoms with Crippen LogP contribution in [-0.4, -0.2) is 38.7 Å². The molecule has 0 unspecified atom stereocenters. The van der Waals surface area contributed by atoms with Gasteiger partial charge in [-0.15, -0.1) is 0 Å². The van der Waals surface area contributed by atoms with Crippen LogP contribution in [0.2, 0.25) is 5.28 Å². The molecule has 3 heterocycles. The molecular formula is C19H23ClN6O3S. The predicted octanol–water partition coefficient (Wildman–Crippen LogP) is 2.92. The van der Waals surface area contributed by atoms with Crippen LogP contribution in [0, 0.1) is 6.92 Å². The Bertz CT molecular complexity index is 1240. The van der Waals surface area contributed by atoms with Crippen LogP contribution >= 0.6 is 11.6 Å². The summed E-state index contributed by atoms with van der Waals surface area (Å²) in [5.41, 5.74) is 1.85. The number of pyridine rings is 1. The Morgan fingerprint density at radius 2 is 1.93 bits per heavy atom. The number of anilines is 1.